The van der Waals surface area contributed by atoms with Gasteiger partial charge in [0.2, 0.25) is 0 Å². The van der Waals surface area contributed by atoms with Gasteiger partial charge >= 0.3 is 6.18 Å². The molecule has 3 heterocycles. The highest BCUT2D eigenvalue weighted by atomic mass is 19.4. The van der Waals surface area contributed by atoms with Crippen molar-refractivity contribution in [3.8, 4) is 11.4 Å². The topological polar surface area (TPSA) is 113 Å². The van der Waals surface area contributed by atoms with Crippen LogP contribution in [0.2, 0.25) is 0 Å². The fourth-order valence-electron chi connectivity index (χ4n) is 4.83. The highest BCUT2D eigenvalue weighted by Gasteiger charge is 2.30. The maximum Gasteiger partial charge on any atom is 0.416 e. The number of alkyl halides is 3. The Labute approximate surface area is 243 Å². The van der Waals surface area contributed by atoms with Crippen LogP contribution in [0.15, 0.2) is 79.1 Å². The van der Waals surface area contributed by atoms with Gasteiger partial charge in [-0.25, -0.2) is 19.9 Å². The third-order valence-corrected chi connectivity index (χ3v) is 7.28. The monoisotopic (exact) mass is 582 g/mol. The molecule has 1 fully saturated rings. The summed E-state index contributed by atoms with van der Waals surface area (Å²) >= 11 is 0. The van der Waals surface area contributed by atoms with Gasteiger partial charge in [0.15, 0.2) is 17.3 Å². The molecule has 1 amide bonds. The van der Waals surface area contributed by atoms with Gasteiger partial charge in [0.25, 0.3) is 5.91 Å². The van der Waals surface area contributed by atoms with Crippen LogP contribution < -0.4 is 10.6 Å². The molecule has 6 aromatic rings. The summed E-state index contributed by atoms with van der Waals surface area (Å²) in [6.07, 6.45) is -0.807. The van der Waals surface area contributed by atoms with E-state index in [1.807, 2.05) is 24.3 Å². The Morgan fingerprint density at radius 1 is 0.953 bits per heavy atom. The second-order valence-corrected chi connectivity index (χ2v) is 10.5. The summed E-state index contributed by atoms with van der Waals surface area (Å²) in [5.41, 5.74) is 3.97. The van der Waals surface area contributed by atoms with E-state index in [4.69, 9.17) is 9.97 Å². The Morgan fingerprint density at radius 2 is 1.72 bits per heavy atom. The number of nitrogens with zero attached hydrogens (tertiary/aromatic N) is 5. The number of halogens is 3. The molecule has 43 heavy (non-hydrogen) atoms. The van der Waals surface area contributed by atoms with E-state index in [1.165, 1.54) is 12.1 Å². The number of para-hydroxylation sites is 2. The lowest BCUT2D eigenvalue weighted by atomic mass is 10.1. The number of hydrogen-bond donors (Lipinski definition) is 3. The normalized spacial score (nSPS) is 13.5. The number of fused-ring (bicyclic) bond motifs is 2. The number of nitrogens with one attached hydrogen (secondary N) is 3. The van der Waals surface area contributed by atoms with Crippen LogP contribution in [0.4, 0.5) is 19.0 Å². The van der Waals surface area contributed by atoms with Gasteiger partial charge in [-0.3, -0.25) is 4.79 Å². The summed E-state index contributed by atoms with van der Waals surface area (Å²) in [5, 5.41) is 6.30. The molecule has 0 saturated heterocycles. The van der Waals surface area contributed by atoms with Crippen molar-refractivity contribution in [3.63, 3.8) is 0 Å². The molecule has 3 aromatic carbocycles. The molecule has 1 aliphatic carbocycles. The minimum Gasteiger partial charge on any atom is -0.361 e. The lowest BCUT2D eigenvalue weighted by Crippen LogP contribution is -2.25. The second kappa shape index (κ2) is 10.5. The third kappa shape index (κ3) is 5.63. The van der Waals surface area contributed by atoms with E-state index in [1.54, 1.807) is 35.2 Å². The first-order chi connectivity index (χ1) is 20.8. The SMILES string of the molecule is O=C(NC1CC1)c1ccc(-c2nc(NCc3nc4ccccc4[nH]3)c3ncn(Cc4ccc(C(F)(F)F)cc4)c3n2)cc1. The number of anilines is 1. The molecular weight excluding hydrogens is 557 g/mol. The van der Waals surface area contributed by atoms with Crippen LogP contribution in [0.25, 0.3) is 33.6 Å². The summed E-state index contributed by atoms with van der Waals surface area (Å²) in [4.78, 5) is 34.5. The minimum absolute atomic E-state index is 0.117. The lowest BCUT2D eigenvalue weighted by molar-refractivity contribution is -0.137. The van der Waals surface area contributed by atoms with Crippen molar-refractivity contribution in [1.29, 1.82) is 0 Å². The van der Waals surface area contributed by atoms with Crippen LogP contribution in [-0.2, 0) is 19.3 Å². The van der Waals surface area contributed by atoms with Gasteiger partial charge < -0.3 is 20.2 Å². The quantitative estimate of drug-likeness (QED) is 0.205. The number of hydrogen-bond acceptors (Lipinski definition) is 6. The van der Waals surface area contributed by atoms with Gasteiger partial charge in [-0.05, 0) is 54.8 Å². The lowest BCUT2D eigenvalue weighted by Gasteiger charge is -2.11. The van der Waals surface area contributed by atoms with Gasteiger partial charge in [-0.1, -0.05) is 36.4 Å². The average molecular weight is 583 g/mol. The van der Waals surface area contributed by atoms with Crippen molar-refractivity contribution in [1.82, 2.24) is 34.8 Å². The molecule has 0 aliphatic heterocycles. The van der Waals surface area contributed by atoms with Crippen LogP contribution in [-0.4, -0.2) is 41.4 Å². The van der Waals surface area contributed by atoms with Crippen LogP contribution in [0, 0.1) is 0 Å². The number of benzene rings is 3. The Balaban J connectivity index is 1.22. The first-order valence-corrected chi connectivity index (χ1v) is 13.8. The molecule has 12 heteroatoms. The van der Waals surface area contributed by atoms with E-state index in [9.17, 15) is 18.0 Å². The first kappa shape index (κ1) is 26.6. The number of aromatic nitrogens is 6. The minimum atomic E-state index is -4.41. The van der Waals surface area contributed by atoms with Crippen LogP contribution in [0.3, 0.4) is 0 Å². The molecule has 0 unspecified atom stereocenters. The van der Waals surface area contributed by atoms with Crippen LogP contribution >= 0.6 is 0 Å². The van der Waals surface area contributed by atoms with E-state index in [-0.39, 0.29) is 18.5 Å². The van der Waals surface area contributed by atoms with Crippen molar-refractivity contribution < 1.29 is 18.0 Å². The smallest absolute Gasteiger partial charge is 0.361 e. The fourth-order valence-corrected chi connectivity index (χ4v) is 4.83. The van der Waals surface area contributed by atoms with Crippen molar-refractivity contribution >= 4 is 33.9 Å². The molecule has 3 aromatic heterocycles. The number of amides is 1. The number of rotatable bonds is 8. The Hall–Kier alpha value is -5.26. The van der Waals surface area contributed by atoms with E-state index >= 15 is 0 Å². The molecule has 7 rings (SSSR count). The highest BCUT2D eigenvalue weighted by molar-refractivity contribution is 5.95. The predicted octanol–water partition coefficient (Wildman–Crippen LogP) is 5.94. The van der Waals surface area contributed by atoms with Crippen molar-refractivity contribution in [2.45, 2.75) is 38.1 Å². The zero-order valence-electron chi connectivity index (χ0n) is 22.7. The summed E-state index contributed by atoms with van der Waals surface area (Å²) < 4.78 is 41.0. The maximum atomic E-state index is 13.1. The fraction of sp³-hybridized carbons (Fsp3) is 0.194. The highest BCUT2D eigenvalue weighted by Crippen LogP contribution is 2.30. The second-order valence-electron chi connectivity index (χ2n) is 10.5. The van der Waals surface area contributed by atoms with Gasteiger partial charge in [0.05, 0.1) is 36.0 Å². The Bertz CT molecular complexity index is 1910. The molecule has 3 N–H and O–H groups in total. The number of aromatic amines is 1. The summed E-state index contributed by atoms with van der Waals surface area (Å²) in [5.74, 6) is 1.48. The predicted molar refractivity (Wildman–Crippen MR) is 155 cm³/mol. The molecule has 9 nitrogen and oxygen atoms in total. The zero-order chi connectivity index (χ0) is 29.6. The van der Waals surface area contributed by atoms with Crippen molar-refractivity contribution in [2.24, 2.45) is 0 Å². The number of imidazole rings is 2. The first-order valence-electron chi connectivity index (χ1n) is 13.8. The molecule has 0 bridgehead atoms. The zero-order valence-corrected chi connectivity index (χ0v) is 22.7. The van der Waals surface area contributed by atoms with Crippen molar-refractivity contribution in [2.75, 3.05) is 5.32 Å². The third-order valence-electron chi connectivity index (χ3n) is 7.28. The van der Waals surface area contributed by atoms with E-state index < -0.39 is 11.7 Å². The van der Waals surface area contributed by atoms with Gasteiger partial charge in [0.1, 0.15) is 11.3 Å². The van der Waals surface area contributed by atoms with Gasteiger partial charge in [-0.15, -0.1) is 0 Å². The van der Waals surface area contributed by atoms with Crippen LogP contribution in [0.1, 0.15) is 40.2 Å². The molecular formula is C31H25F3N8O. The number of carbonyl (C=O) groups is 1. The number of carbonyl (C=O) groups excluding carboxylic acids is 1. The molecule has 0 atom stereocenters. The maximum absolute atomic E-state index is 13.1. The number of H-pyrrole nitrogens is 1. The van der Waals surface area contributed by atoms with Crippen molar-refractivity contribution in [3.05, 3.63) is 102 Å². The van der Waals surface area contributed by atoms with E-state index in [0.717, 1.165) is 36.0 Å². The summed E-state index contributed by atoms with van der Waals surface area (Å²) in [6.45, 7) is 0.598. The summed E-state index contributed by atoms with van der Waals surface area (Å²) in [7, 11) is 0. The molecule has 1 aliphatic rings. The molecule has 0 radical (unpaired) electrons. The summed E-state index contributed by atoms with van der Waals surface area (Å²) in [6, 6.07) is 20.1. The van der Waals surface area contributed by atoms with Gasteiger partial charge in [-0.2, -0.15) is 13.2 Å². The van der Waals surface area contributed by atoms with Gasteiger partial charge in [0, 0.05) is 17.2 Å². The standard InChI is InChI=1S/C31H25F3N8O/c32-31(33,34)21-11-5-18(6-12-21)16-42-17-36-26-28(35-15-25-38-23-3-1-2-4-24(23)39-25)40-27(41-29(26)42)19-7-9-20(10-8-19)30(43)37-22-13-14-22/h1-12,17,22H,13-16H2,(H,37,43)(H,38,39)(H,35,40,41). The van der Waals surface area contributed by atoms with E-state index in [2.05, 4.69) is 25.6 Å². The molecule has 216 valence electrons. The Morgan fingerprint density at radius 3 is 2.44 bits per heavy atom. The molecule has 1 saturated carbocycles. The van der Waals surface area contributed by atoms with E-state index in [0.29, 0.717) is 51.9 Å². The Kier molecular flexibility index (Phi) is 6.52. The average Bonchev–Trinajstić information content (AvgIpc) is 3.58. The largest absolute Gasteiger partial charge is 0.416 e. The van der Waals surface area contributed by atoms with Crippen LogP contribution in [0.5, 0.6) is 0 Å². The molecule has 0 spiro atoms.